The molecule has 1 aliphatic rings. The Hall–Kier alpha value is -4.33. The van der Waals surface area contributed by atoms with E-state index in [1.165, 1.54) is 24.3 Å². The van der Waals surface area contributed by atoms with Gasteiger partial charge in [0.15, 0.2) is 5.54 Å². The summed E-state index contributed by atoms with van der Waals surface area (Å²) in [5.41, 5.74) is 0.909. The quantitative estimate of drug-likeness (QED) is 0.455. The Balaban J connectivity index is 1.44. The maximum atomic E-state index is 13.7. The predicted molar refractivity (Wildman–Crippen MR) is 117 cm³/mol. The fourth-order valence-electron chi connectivity index (χ4n) is 3.98. The van der Waals surface area contributed by atoms with Crippen LogP contribution >= 0.6 is 0 Å². The van der Waals surface area contributed by atoms with Crippen LogP contribution in [0.3, 0.4) is 0 Å². The first-order valence-corrected chi connectivity index (χ1v) is 10.4. The molecular formula is C25H19FN4O3. The molecule has 4 aromatic rings. The highest BCUT2D eigenvalue weighted by molar-refractivity contribution is 6.07. The number of carbonyl (C=O) groups is 2. The van der Waals surface area contributed by atoms with Gasteiger partial charge in [0.2, 0.25) is 11.7 Å². The van der Waals surface area contributed by atoms with Crippen molar-refractivity contribution in [3.8, 4) is 11.4 Å². The molecule has 1 saturated heterocycles. The highest BCUT2D eigenvalue weighted by Crippen LogP contribution is 2.33. The Morgan fingerprint density at radius 3 is 2.27 bits per heavy atom. The fourth-order valence-corrected chi connectivity index (χ4v) is 3.98. The molecule has 1 aliphatic heterocycles. The third kappa shape index (κ3) is 3.87. The summed E-state index contributed by atoms with van der Waals surface area (Å²) in [7, 11) is 0. The van der Waals surface area contributed by atoms with Gasteiger partial charge in [0.1, 0.15) is 12.4 Å². The van der Waals surface area contributed by atoms with E-state index in [1.807, 2.05) is 60.7 Å². The van der Waals surface area contributed by atoms with E-state index in [0.29, 0.717) is 17.5 Å². The van der Waals surface area contributed by atoms with E-state index in [4.69, 9.17) is 4.52 Å². The summed E-state index contributed by atoms with van der Waals surface area (Å²) < 4.78 is 18.5. The van der Waals surface area contributed by atoms with Crippen LogP contribution < -0.4 is 5.32 Å². The number of benzene rings is 3. The van der Waals surface area contributed by atoms with E-state index in [-0.39, 0.29) is 24.1 Å². The molecular weight excluding hydrogens is 423 g/mol. The number of halogens is 1. The van der Waals surface area contributed by atoms with Gasteiger partial charge in [-0.1, -0.05) is 65.8 Å². The summed E-state index contributed by atoms with van der Waals surface area (Å²) in [6.07, 6.45) is 0.295. The van der Waals surface area contributed by atoms with Gasteiger partial charge in [0.25, 0.3) is 5.91 Å². The number of aromatic nitrogens is 2. The van der Waals surface area contributed by atoms with Gasteiger partial charge < -0.3 is 9.84 Å². The highest BCUT2D eigenvalue weighted by Gasteiger charge is 2.52. The van der Waals surface area contributed by atoms with Crippen molar-refractivity contribution in [3.63, 3.8) is 0 Å². The minimum absolute atomic E-state index is 0.0985. The first-order chi connectivity index (χ1) is 16.0. The number of urea groups is 1. The van der Waals surface area contributed by atoms with Crippen molar-refractivity contribution in [2.75, 3.05) is 0 Å². The van der Waals surface area contributed by atoms with Crippen molar-refractivity contribution in [3.05, 3.63) is 108 Å². The molecule has 3 aromatic carbocycles. The maximum absolute atomic E-state index is 13.7. The molecule has 1 aromatic heterocycles. The van der Waals surface area contributed by atoms with Gasteiger partial charge >= 0.3 is 6.03 Å². The Kier molecular flexibility index (Phi) is 5.18. The molecule has 0 aliphatic carbocycles. The summed E-state index contributed by atoms with van der Waals surface area (Å²) in [5, 5.41) is 6.80. The molecule has 5 rings (SSSR count). The van der Waals surface area contributed by atoms with E-state index < -0.39 is 17.5 Å². The first-order valence-electron chi connectivity index (χ1n) is 10.4. The molecule has 1 N–H and O–H groups in total. The molecule has 3 amide bonds. The topological polar surface area (TPSA) is 88.3 Å². The molecule has 0 saturated carbocycles. The molecule has 0 unspecified atom stereocenters. The smallest absolute Gasteiger partial charge is 0.325 e. The second kappa shape index (κ2) is 8.31. The number of nitrogens with one attached hydrogen (secondary N) is 1. The van der Waals surface area contributed by atoms with Crippen molar-refractivity contribution >= 4 is 11.9 Å². The van der Waals surface area contributed by atoms with Gasteiger partial charge in [0.05, 0.1) is 0 Å². The fraction of sp³-hybridized carbons (Fsp3) is 0.120. The van der Waals surface area contributed by atoms with Crippen LogP contribution in [-0.4, -0.2) is 27.0 Å². The molecule has 0 bridgehead atoms. The van der Waals surface area contributed by atoms with Crippen molar-refractivity contribution in [2.45, 2.75) is 18.5 Å². The van der Waals surface area contributed by atoms with Crippen LogP contribution in [0.1, 0.15) is 17.0 Å². The van der Waals surface area contributed by atoms with Crippen molar-refractivity contribution in [1.82, 2.24) is 20.4 Å². The summed E-state index contributed by atoms with van der Waals surface area (Å²) in [6, 6.07) is 23.8. The molecule has 1 atom stereocenters. The summed E-state index contributed by atoms with van der Waals surface area (Å²) in [6.45, 7) is -0.178. The van der Waals surface area contributed by atoms with Crippen LogP contribution in [0.2, 0.25) is 0 Å². The lowest BCUT2D eigenvalue weighted by atomic mass is 9.83. The summed E-state index contributed by atoms with van der Waals surface area (Å²) >= 11 is 0. The van der Waals surface area contributed by atoms with Crippen LogP contribution in [0.5, 0.6) is 0 Å². The van der Waals surface area contributed by atoms with Crippen LogP contribution in [-0.2, 0) is 23.3 Å². The van der Waals surface area contributed by atoms with Crippen molar-refractivity contribution in [1.29, 1.82) is 0 Å². The molecule has 8 heteroatoms. The molecule has 1 fully saturated rings. The largest absolute Gasteiger partial charge is 0.337 e. The zero-order valence-corrected chi connectivity index (χ0v) is 17.4. The Bertz CT molecular complexity index is 1290. The van der Waals surface area contributed by atoms with Crippen LogP contribution in [0.25, 0.3) is 11.4 Å². The van der Waals surface area contributed by atoms with E-state index >= 15 is 0 Å². The van der Waals surface area contributed by atoms with Crippen molar-refractivity contribution < 1.29 is 18.5 Å². The number of imide groups is 1. The average Bonchev–Trinajstić information content (AvgIpc) is 3.40. The van der Waals surface area contributed by atoms with Crippen LogP contribution in [0.4, 0.5) is 9.18 Å². The zero-order chi connectivity index (χ0) is 22.8. The van der Waals surface area contributed by atoms with Gasteiger partial charge in [-0.15, -0.1) is 0 Å². The van der Waals surface area contributed by atoms with E-state index in [1.54, 1.807) is 0 Å². The number of hydrogen-bond acceptors (Lipinski definition) is 5. The van der Waals surface area contributed by atoms with Gasteiger partial charge in [-0.3, -0.25) is 9.69 Å². The third-order valence-corrected chi connectivity index (χ3v) is 5.62. The normalized spacial score (nSPS) is 17.9. The number of rotatable bonds is 6. The third-order valence-electron chi connectivity index (χ3n) is 5.62. The second-order valence-corrected chi connectivity index (χ2v) is 7.77. The van der Waals surface area contributed by atoms with E-state index in [2.05, 4.69) is 15.5 Å². The number of hydrogen-bond donors (Lipinski definition) is 1. The molecule has 33 heavy (non-hydrogen) atoms. The lowest BCUT2D eigenvalue weighted by Gasteiger charge is -2.27. The monoisotopic (exact) mass is 442 g/mol. The molecule has 0 spiro atoms. The maximum Gasteiger partial charge on any atom is 0.325 e. The Morgan fingerprint density at radius 1 is 0.909 bits per heavy atom. The Morgan fingerprint density at radius 2 is 1.58 bits per heavy atom. The van der Waals surface area contributed by atoms with Gasteiger partial charge in [-0.2, -0.15) is 4.98 Å². The standard InChI is InChI=1S/C25H19FN4O3/c26-20-13-11-18(12-14-20)22-27-21(33-29-22)16-30-23(31)25(28-24(30)32,19-9-5-2-6-10-19)15-17-7-3-1-4-8-17/h1-14H,15-16H2,(H,28,32)/t25-/m1/s1. The number of nitrogens with zero attached hydrogens (tertiary/aromatic N) is 3. The lowest BCUT2D eigenvalue weighted by molar-refractivity contribution is -0.132. The minimum atomic E-state index is -1.25. The molecule has 0 radical (unpaired) electrons. The molecule has 2 heterocycles. The Labute approximate surface area is 188 Å². The van der Waals surface area contributed by atoms with Crippen LogP contribution in [0, 0.1) is 5.82 Å². The van der Waals surface area contributed by atoms with E-state index in [9.17, 15) is 14.0 Å². The van der Waals surface area contributed by atoms with Gasteiger partial charge in [0, 0.05) is 12.0 Å². The van der Waals surface area contributed by atoms with E-state index in [0.717, 1.165) is 10.5 Å². The number of amides is 3. The molecule has 164 valence electrons. The SMILES string of the molecule is O=C1N[C@](Cc2ccccc2)(c2ccccc2)C(=O)N1Cc1nc(-c2ccc(F)cc2)no1. The zero-order valence-electron chi connectivity index (χ0n) is 17.4. The summed E-state index contributed by atoms with van der Waals surface area (Å²) in [4.78, 5) is 32.0. The van der Waals surface area contributed by atoms with Gasteiger partial charge in [-0.05, 0) is 35.4 Å². The van der Waals surface area contributed by atoms with Crippen molar-refractivity contribution in [2.24, 2.45) is 0 Å². The first kappa shape index (κ1) is 20.6. The van der Waals surface area contributed by atoms with Crippen LogP contribution in [0.15, 0.2) is 89.5 Å². The lowest BCUT2D eigenvalue weighted by Crippen LogP contribution is -2.46. The second-order valence-electron chi connectivity index (χ2n) is 7.77. The number of carbonyl (C=O) groups excluding carboxylic acids is 2. The van der Waals surface area contributed by atoms with Gasteiger partial charge in [-0.25, -0.2) is 9.18 Å². The average molecular weight is 442 g/mol. The molecule has 7 nitrogen and oxygen atoms in total. The minimum Gasteiger partial charge on any atom is -0.337 e. The predicted octanol–water partition coefficient (Wildman–Crippen LogP) is 4.07. The highest BCUT2D eigenvalue weighted by atomic mass is 19.1. The summed E-state index contributed by atoms with van der Waals surface area (Å²) in [5.74, 6) is -0.432.